The average Bonchev–Trinajstić information content (AvgIpc) is 2.62. The Bertz CT molecular complexity index is 605. The van der Waals surface area contributed by atoms with Crippen LogP contribution in [0, 0.1) is 0 Å². The lowest BCUT2D eigenvalue weighted by Crippen LogP contribution is -2.45. The van der Waals surface area contributed by atoms with Gasteiger partial charge in [-0.1, -0.05) is 18.2 Å². The third-order valence-corrected chi connectivity index (χ3v) is 4.16. The van der Waals surface area contributed by atoms with E-state index in [1.165, 1.54) is 18.4 Å². The lowest BCUT2D eigenvalue weighted by Gasteiger charge is -2.33. The second-order valence-corrected chi connectivity index (χ2v) is 5.79. The number of nitrogens with zero attached hydrogens (tertiary/aromatic N) is 3. The van der Waals surface area contributed by atoms with E-state index < -0.39 is 0 Å². The molecule has 1 aromatic carbocycles. The molecule has 0 bridgehead atoms. The van der Waals surface area contributed by atoms with Crippen LogP contribution in [-0.2, 0) is 6.54 Å². The Labute approximate surface area is 137 Å². The van der Waals surface area contributed by atoms with Crippen molar-refractivity contribution in [2.75, 3.05) is 24.6 Å². The predicted octanol–water partition coefficient (Wildman–Crippen LogP) is 2.63. The molecule has 1 unspecified atom stereocenters. The number of hydrogen-bond acceptors (Lipinski definition) is 5. The summed E-state index contributed by atoms with van der Waals surface area (Å²) in [5.74, 6) is 1.94. The minimum atomic E-state index is 0.459. The summed E-state index contributed by atoms with van der Waals surface area (Å²) in [6.07, 6.45) is 4.07. The number of aromatic nitrogens is 2. The molecule has 1 fully saturated rings. The van der Waals surface area contributed by atoms with Gasteiger partial charge in [0.25, 0.3) is 0 Å². The van der Waals surface area contributed by atoms with Gasteiger partial charge >= 0.3 is 0 Å². The maximum absolute atomic E-state index is 5.70. The van der Waals surface area contributed by atoms with Crippen molar-refractivity contribution in [2.45, 2.75) is 32.4 Å². The monoisotopic (exact) mass is 312 g/mol. The molecule has 122 valence electrons. The van der Waals surface area contributed by atoms with Crippen LogP contribution in [0.3, 0.4) is 0 Å². The van der Waals surface area contributed by atoms with E-state index in [9.17, 15) is 0 Å². The van der Waals surface area contributed by atoms with Crippen LogP contribution >= 0.6 is 0 Å². The molecular weight excluding hydrogens is 288 g/mol. The van der Waals surface area contributed by atoms with Crippen LogP contribution in [0.25, 0.3) is 0 Å². The highest BCUT2D eigenvalue weighted by molar-refractivity contribution is 5.37. The fourth-order valence-electron chi connectivity index (χ4n) is 3.01. The van der Waals surface area contributed by atoms with Gasteiger partial charge in [-0.25, -0.2) is 0 Å². The van der Waals surface area contributed by atoms with Gasteiger partial charge in [0, 0.05) is 37.4 Å². The lowest BCUT2D eigenvalue weighted by atomic mass is 10.0. The Morgan fingerprint density at radius 1 is 1.26 bits per heavy atom. The van der Waals surface area contributed by atoms with Gasteiger partial charge in [0.15, 0.2) is 5.82 Å². The molecule has 2 heterocycles. The Hall–Kier alpha value is -2.14. The molecule has 1 aliphatic heterocycles. The summed E-state index contributed by atoms with van der Waals surface area (Å²) in [7, 11) is 0. The smallest absolute Gasteiger partial charge is 0.151 e. The average molecular weight is 312 g/mol. The maximum atomic E-state index is 5.70. The number of anilines is 1. The molecule has 0 saturated carbocycles. The molecule has 1 aliphatic rings. The molecule has 1 aromatic heterocycles. The van der Waals surface area contributed by atoms with E-state index in [0.29, 0.717) is 12.6 Å². The molecule has 3 rings (SSSR count). The van der Waals surface area contributed by atoms with Crippen LogP contribution in [0.15, 0.2) is 42.6 Å². The summed E-state index contributed by atoms with van der Waals surface area (Å²) in [6, 6.07) is 12.7. The second-order valence-electron chi connectivity index (χ2n) is 5.79. The molecule has 0 amide bonds. The van der Waals surface area contributed by atoms with E-state index >= 15 is 0 Å². The first kappa shape index (κ1) is 15.7. The quantitative estimate of drug-likeness (QED) is 0.888. The van der Waals surface area contributed by atoms with Crippen LogP contribution in [0.1, 0.15) is 25.3 Å². The Morgan fingerprint density at radius 2 is 2.17 bits per heavy atom. The van der Waals surface area contributed by atoms with E-state index in [1.807, 2.05) is 31.2 Å². The summed E-state index contributed by atoms with van der Waals surface area (Å²) in [5.41, 5.74) is 1.21. The summed E-state index contributed by atoms with van der Waals surface area (Å²) in [6.45, 7) is 5.56. The highest BCUT2D eigenvalue weighted by Gasteiger charge is 2.20. The Morgan fingerprint density at radius 3 is 3.00 bits per heavy atom. The highest BCUT2D eigenvalue weighted by Crippen LogP contribution is 2.20. The van der Waals surface area contributed by atoms with Crippen molar-refractivity contribution in [1.82, 2.24) is 15.5 Å². The lowest BCUT2D eigenvalue weighted by molar-refractivity contribution is 0.333. The molecule has 0 aliphatic carbocycles. The number of para-hydroxylation sites is 1. The number of rotatable bonds is 6. The first-order valence-corrected chi connectivity index (χ1v) is 8.33. The molecule has 1 saturated heterocycles. The predicted molar refractivity (Wildman–Crippen MR) is 91.7 cm³/mol. The Balaban J connectivity index is 1.58. The van der Waals surface area contributed by atoms with Gasteiger partial charge in [-0.15, -0.1) is 5.10 Å². The normalized spacial score (nSPS) is 18.0. The van der Waals surface area contributed by atoms with Crippen molar-refractivity contribution >= 4 is 5.82 Å². The van der Waals surface area contributed by atoms with Gasteiger partial charge in [0.1, 0.15) is 5.75 Å². The van der Waals surface area contributed by atoms with Gasteiger partial charge in [-0.3, -0.25) is 0 Å². The van der Waals surface area contributed by atoms with Crippen molar-refractivity contribution in [3.8, 4) is 5.75 Å². The minimum absolute atomic E-state index is 0.459. The van der Waals surface area contributed by atoms with Gasteiger partial charge < -0.3 is 15.0 Å². The highest BCUT2D eigenvalue weighted by atomic mass is 16.5. The van der Waals surface area contributed by atoms with Crippen LogP contribution in [0.4, 0.5) is 5.82 Å². The van der Waals surface area contributed by atoms with Crippen LogP contribution in [-0.4, -0.2) is 35.9 Å². The fourth-order valence-corrected chi connectivity index (χ4v) is 3.01. The Kier molecular flexibility index (Phi) is 5.42. The van der Waals surface area contributed by atoms with E-state index in [2.05, 4.69) is 32.5 Å². The number of piperidine rings is 1. The largest absolute Gasteiger partial charge is 0.494 e. The second kappa shape index (κ2) is 7.92. The molecular formula is C18H24N4O. The number of benzene rings is 1. The van der Waals surface area contributed by atoms with Gasteiger partial charge in [-0.2, -0.15) is 5.10 Å². The molecule has 2 aromatic rings. The summed E-state index contributed by atoms with van der Waals surface area (Å²) in [5, 5.41) is 11.9. The first-order valence-electron chi connectivity index (χ1n) is 8.33. The minimum Gasteiger partial charge on any atom is -0.494 e. The van der Waals surface area contributed by atoms with Gasteiger partial charge in [0.05, 0.1) is 6.61 Å². The van der Waals surface area contributed by atoms with Crippen LogP contribution < -0.4 is 15.0 Å². The maximum Gasteiger partial charge on any atom is 0.151 e. The fraction of sp³-hybridized carbons (Fsp3) is 0.444. The molecule has 1 atom stereocenters. The van der Waals surface area contributed by atoms with Crippen LogP contribution in [0.5, 0.6) is 5.75 Å². The van der Waals surface area contributed by atoms with Gasteiger partial charge in [-0.05, 0) is 38.0 Å². The summed E-state index contributed by atoms with van der Waals surface area (Å²) < 4.78 is 5.70. The van der Waals surface area contributed by atoms with E-state index in [4.69, 9.17) is 4.74 Å². The van der Waals surface area contributed by atoms with Crippen molar-refractivity contribution in [2.24, 2.45) is 0 Å². The van der Waals surface area contributed by atoms with E-state index in [1.54, 1.807) is 6.20 Å². The first-order chi connectivity index (χ1) is 11.4. The molecule has 1 N–H and O–H groups in total. The SMILES string of the molecule is CCOc1ccccc1CNC1CCCN(c2cccnn2)C1. The standard InChI is InChI=1S/C18H24N4O/c1-2-23-17-9-4-3-7-15(17)13-19-16-8-6-12-22(14-16)18-10-5-11-20-21-18/h3-5,7,9-11,16,19H,2,6,8,12-14H2,1H3. The molecule has 5 heteroatoms. The van der Waals surface area contributed by atoms with Crippen molar-refractivity contribution in [3.63, 3.8) is 0 Å². The van der Waals surface area contributed by atoms with Crippen LogP contribution in [0.2, 0.25) is 0 Å². The van der Waals surface area contributed by atoms with E-state index in [0.717, 1.165) is 31.2 Å². The van der Waals surface area contributed by atoms with Crippen molar-refractivity contribution in [3.05, 3.63) is 48.2 Å². The molecule has 0 spiro atoms. The zero-order valence-electron chi connectivity index (χ0n) is 13.6. The summed E-state index contributed by atoms with van der Waals surface area (Å²) >= 11 is 0. The third kappa shape index (κ3) is 4.20. The van der Waals surface area contributed by atoms with Crippen molar-refractivity contribution < 1.29 is 4.74 Å². The zero-order chi connectivity index (χ0) is 15.9. The zero-order valence-corrected chi connectivity index (χ0v) is 13.6. The van der Waals surface area contributed by atoms with E-state index in [-0.39, 0.29) is 0 Å². The third-order valence-electron chi connectivity index (χ3n) is 4.16. The number of nitrogens with one attached hydrogen (secondary N) is 1. The molecule has 0 radical (unpaired) electrons. The molecule has 5 nitrogen and oxygen atoms in total. The topological polar surface area (TPSA) is 50.3 Å². The van der Waals surface area contributed by atoms with Crippen molar-refractivity contribution in [1.29, 1.82) is 0 Å². The molecule has 23 heavy (non-hydrogen) atoms. The number of hydrogen-bond donors (Lipinski definition) is 1. The van der Waals surface area contributed by atoms with Gasteiger partial charge in [0.2, 0.25) is 0 Å². The summed E-state index contributed by atoms with van der Waals surface area (Å²) in [4.78, 5) is 2.31. The number of ether oxygens (including phenoxy) is 1.